The molecule has 6 heteroatoms. The largest absolute Gasteiger partial charge is 0.508 e. The normalized spacial score (nSPS) is 11.1. The first-order valence-electron chi connectivity index (χ1n) is 5.05. The first-order valence-corrected chi connectivity index (χ1v) is 5.87. The molecule has 0 amide bonds. The van der Waals surface area contributed by atoms with Gasteiger partial charge in [-0.1, -0.05) is 11.3 Å². The van der Waals surface area contributed by atoms with Crippen LogP contribution in [0.5, 0.6) is 5.75 Å². The number of aryl methyl sites for hydroxylation is 1. The number of nitrogens with one attached hydrogen (secondary N) is 1. The van der Waals surface area contributed by atoms with Gasteiger partial charge in [0.15, 0.2) is 11.0 Å². The number of aromatic hydroxyl groups is 1. The molecule has 17 heavy (non-hydrogen) atoms. The number of H-pyrrole nitrogens is 1. The molecular weight excluding hydrogens is 236 g/mol. The summed E-state index contributed by atoms with van der Waals surface area (Å²) >= 11 is 1.40. The standard InChI is InChI=1S/C11H10N4OS/c1-5-9(17-11(12)13-5)10-14-7-3-2-6(16)4-8(7)15-10/h2-4,16H,1H3,(H2,12,13)(H,14,15). The lowest BCUT2D eigenvalue weighted by atomic mass is 10.3. The molecule has 0 aliphatic carbocycles. The molecule has 0 atom stereocenters. The van der Waals surface area contributed by atoms with Crippen LogP contribution < -0.4 is 5.73 Å². The van der Waals surface area contributed by atoms with Crippen LogP contribution in [-0.2, 0) is 0 Å². The Morgan fingerprint density at radius 3 is 2.88 bits per heavy atom. The Balaban J connectivity index is 2.21. The zero-order chi connectivity index (χ0) is 12.0. The number of rotatable bonds is 1. The summed E-state index contributed by atoms with van der Waals surface area (Å²) in [6.07, 6.45) is 0. The summed E-state index contributed by atoms with van der Waals surface area (Å²) in [6.45, 7) is 1.90. The van der Waals surface area contributed by atoms with Crippen molar-refractivity contribution in [2.24, 2.45) is 0 Å². The number of aromatic nitrogens is 3. The van der Waals surface area contributed by atoms with Gasteiger partial charge in [0.05, 0.1) is 21.6 Å². The Kier molecular flexibility index (Phi) is 2.05. The van der Waals surface area contributed by atoms with E-state index in [1.165, 1.54) is 11.3 Å². The van der Waals surface area contributed by atoms with Gasteiger partial charge in [-0.3, -0.25) is 0 Å². The van der Waals surface area contributed by atoms with Crippen molar-refractivity contribution in [1.82, 2.24) is 15.0 Å². The Morgan fingerprint density at radius 2 is 2.18 bits per heavy atom. The van der Waals surface area contributed by atoms with Crippen LogP contribution >= 0.6 is 11.3 Å². The summed E-state index contributed by atoms with van der Waals surface area (Å²) in [7, 11) is 0. The second kappa shape index (κ2) is 3.46. The molecule has 0 bridgehead atoms. The molecule has 0 fully saturated rings. The monoisotopic (exact) mass is 246 g/mol. The van der Waals surface area contributed by atoms with E-state index in [2.05, 4.69) is 15.0 Å². The van der Waals surface area contributed by atoms with Crippen LogP contribution in [0.25, 0.3) is 21.7 Å². The lowest BCUT2D eigenvalue weighted by Gasteiger charge is -1.90. The minimum Gasteiger partial charge on any atom is -0.508 e. The first-order chi connectivity index (χ1) is 8.13. The SMILES string of the molecule is Cc1nc(N)sc1-c1nc2ccc(O)cc2[nH]1. The summed E-state index contributed by atoms with van der Waals surface area (Å²) in [5, 5.41) is 9.92. The number of benzene rings is 1. The quantitative estimate of drug-likeness (QED) is 0.614. The molecule has 3 aromatic rings. The van der Waals surface area contributed by atoms with Crippen LogP contribution in [0.2, 0.25) is 0 Å². The van der Waals surface area contributed by atoms with Crippen LogP contribution in [-0.4, -0.2) is 20.1 Å². The highest BCUT2D eigenvalue weighted by atomic mass is 32.1. The minimum atomic E-state index is 0.216. The third-order valence-electron chi connectivity index (χ3n) is 2.49. The van der Waals surface area contributed by atoms with Crippen molar-refractivity contribution in [1.29, 1.82) is 0 Å². The summed E-state index contributed by atoms with van der Waals surface area (Å²) in [5.74, 6) is 0.950. The number of hydrogen-bond acceptors (Lipinski definition) is 5. The maximum absolute atomic E-state index is 9.39. The van der Waals surface area contributed by atoms with E-state index in [0.717, 1.165) is 27.4 Å². The second-order valence-corrected chi connectivity index (χ2v) is 4.78. The summed E-state index contributed by atoms with van der Waals surface area (Å²) < 4.78 is 0. The average molecular weight is 246 g/mol. The van der Waals surface area contributed by atoms with Gasteiger partial charge in [0, 0.05) is 6.07 Å². The van der Waals surface area contributed by atoms with Crippen molar-refractivity contribution in [3.63, 3.8) is 0 Å². The summed E-state index contributed by atoms with van der Waals surface area (Å²) in [6, 6.07) is 5.02. The molecule has 0 unspecified atom stereocenters. The Labute approximate surface area is 101 Å². The molecular formula is C11H10N4OS. The van der Waals surface area contributed by atoms with E-state index >= 15 is 0 Å². The van der Waals surface area contributed by atoms with Gasteiger partial charge in [-0.2, -0.15) is 0 Å². The number of nitrogens with zero attached hydrogens (tertiary/aromatic N) is 2. The van der Waals surface area contributed by atoms with E-state index in [1.807, 2.05) is 6.92 Å². The predicted octanol–water partition coefficient (Wildman–Crippen LogP) is 2.28. The van der Waals surface area contributed by atoms with Crippen LogP contribution in [0.3, 0.4) is 0 Å². The Morgan fingerprint density at radius 1 is 1.35 bits per heavy atom. The van der Waals surface area contributed by atoms with Gasteiger partial charge in [0.1, 0.15) is 5.75 Å². The van der Waals surface area contributed by atoms with Crippen molar-refractivity contribution >= 4 is 27.5 Å². The van der Waals surface area contributed by atoms with E-state index in [1.54, 1.807) is 18.2 Å². The Hall–Kier alpha value is -2.08. The third-order valence-corrected chi connectivity index (χ3v) is 3.49. The molecule has 0 radical (unpaired) electrons. The van der Waals surface area contributed by atoms with E-state index < -0.39 is 0 Å². The number of aromatic amines is 1. The maximum atomic E-state index is 9.39. The van der Waals surface area contributed by atoms with Crippen molar-refractivity contribution in [3.8, 4) is 16.5 Å². The number of thiazole rings is 1. The maximum Gasteiger partial charge on any atom is 0.180 e. The third kappa shape index (κ3) is 1.62. The molecule has 86 valence electrons. The van der Waals surface area contributed by atoms with Crippen molar-refractivity contribution in [2.75, 3.05) is 5.73 Å². The molecule has 0 saturated carbocycles. The van der Waals surface area contributed by atoms with E-state index in [0.29, 0.717) is 5.13 Å². The molecule has 3 rings (SSSR count). The highest BCUT2D eigenvalue weighted by Gasteiger charge is 2.12. The van der Waals surface area contributed by atoms with Crippen LogP contribution in [0, 0.1) is 6.92 Å². The minimum absolute atomic E-state index is 0.216. The molecule has 1 aromatic carbocycles. The highest BCUT2D eigenvalue weighted by Crippen LogP contribution is 2.31. The molecule has 2 heterocycles. The summed E-state index contributed by atoms with van der Waals surface area (Å²) in [5.41, 5.74) is 8.13. The number of phenolic OH excluding ortho intramolecular Hbond substituents is 1. The number of nitrogen functional groups attached to an aromatic ring is 1. The van der Waals surface area contributed by atoms with Crippen LogP contribution in [0.4, 0.5) is 5.13 Å². The smallest absolute Gasteiger partial charge is 0.180 e. The van der Waals surface area contributed by atoms with E-state index in [4.69, 9.17) is 5.73 Å². The fourth-order valence-corrected chi connectivity index (χ4v) is 2.52. The van der Waals surface area contributed by atoms with Crippen LogP contribution in [0.1, 0.15) is 5.69 Å². The fraction of sp³-hybridized carbons (Fsp3) is 0.0909. The van der Waals surface area contributed by atoms with Crippen molar-refractivity contribution < 1.29 is 5.11 Å². The first kappa shape index (κ1) is 10.1. The number of phenols is 1. The zero-order valence-corrected chi connectivity index (χ0v) is 9.88. The lowest BCUT2D eigenvalue weighted by Crippen LogP contribution is -1.81. The van der Waals surface area contributed by atoms with E-state index in [-0.39, 0.29) is 5.75 Å². The van der Waals surface area contributed by atoms with Crippen molar-refractivity contribution in [3.05, 3.63) is 23.9 Å². The van der Waals surface area contributed by atoms with Crippen molar-refractivity contribution in [2.45, 2.75) is 6.92 Å². The number of imidazole rings is 1. The fourth-order valence-electron chi connectivity index (χ4n) is 1.74. The molecule has 2 aromatic heterocycles. The Bertz CT molecular complexity index is 701. The van der Waals surface area contributed by atoms with Gasteiger partial charge in [-0.25, -0.2) is 9.97 Å². The topological polar surface area (TPSA) is 87.8 Å². The molecule has 0 aliphatic rings. The highest BCUT2D eigenvalue weighted by molar-refractivity contribution is 7.18. The molecule has 4 N–H and O–H groups in total. The van der Waals surface area contributed by atoms with Crippen LogP contribution in [0.15, 0.2) is 18.2 Å². The number of fused-ring (bicyclic) bond motifs is 1. The number of nitrogens with two attached hydrogens (primary N) is 1. The van der Waals surface area contributed by atoms with E-state index in [9.17, 15) is 5.11 Å². The van der Waals surface area contributed by atoms with Gasteiger partial charge in [0.2, 0.25) is 0 Å². The molecule has 5 nitrogen and oxygen atoms in total. The van der Waals surface area contributed by atoms with Gasteiger partial charge in [-0.05, 0) is 19.1 Å². The van der Waals surface area contributed by atoms with Gasteiger partial charge >= 0.3 is 0 Å². The average Bonchev–Trinajstić information content (AvgIpc) is 2.80. The number of anilines is 1. The zero-order valence-electron chi connectivity index (χ0n) is 9.06. The molecule has 0 saturated heterocycles. The van der Waals surface area contributed by atoms with Gasteiger partial charge < -0.3 is 15.8 Å². The van der Waals surface area contributed by atoms with Gasteiger partial charge in [-0.15, -0.1) is 0 Å². The second-order valence-electron chi connectivity index (χ2n) is 3.75. The molecule has 0 aliphatic heterocycles. The number of hydrogen-bond donors (Lipinski definition) is 3. The van der Waals surface area contributed by atoms with Gasteiger partial charge in [0.25, 0.3) is 0 Å². The molecule has 0 spiro atoms. The lowest BCUT2D eigenvalue weighted by molar-refractivity contribution is 0.476. The summed E-state index contributed by atoms with van der Waals surface area (Å²) in [4.78, 5) is 12.7. The predicted molar refractivity (Wildman–Crippen MR) is 68.0 cm³/mol.